The predicted octanol–water partition coefficient (Wildman–Crippen LogP) is 5.07. The van der Waals surface area contributed by atoms with E-state index in [1.54, 1.807) is 18.2 Å². The first-order chi connectivity index (χ1) is 11.4. The van der Waals surface area contributed by atoms with E-state index in [1.165, 1.54) is 0 Å². The highest BCUT2D eigenvalue weighted by atomic mass is 35.5. The molecule has 2 aromatic carbocycles. The maximum atomic E-state index is 12.6. The number of rotatable bonds is 6. The van der Waals surface area contributed by atoms with E-state index in [0.29, 0.717) is 20.6 Å². The van der Waals surface area contributed by atoms with Crippen molar-refractivity contribution >= 4 is 40.7 Å². The molecule has 1 N–H and O–H groups in total. The predicted molar refractivity (Wildman–Crippen MR) is 101 cm³/mol. The second kappa shape index (κ2) is 8.72. The molecule has 2 rings (SSSR count). The van der Waals surface area contributed by atoms with Crippen LogP contribution in [0.5, 0.6) is 0 Å². The molecule has 0 radical (unpaired) electrons. The Balaban J connectivity index is 2.18. The molecule has 24 heavy (non-hydrogen) atoms. The Morgan fingerprint density at radius 1 is 1.04 bits per heavy atom. The van der Waals surface area contributed by atoms with E-state index in [-0.39, 0.29) is 11.9 Å². The van der Waals surface area contributed by atoms with Crippen molar-refractivity contribution in [3.8, 4) is 0 Å². The van der Waals surface area contributed by atoms with Crippen LogP contribution < -0.4 is 5.32 Å². The van der Waals surface area contributed by atoms with E-state index < -0.39 is 0 Å². The molecule has 0 aliphatic carbocycles. The van der Waals surface area contributed by atoms with E-state index in [4.69, 9.17) is 34.8 Å². The van der Waals surface area contributed by atoms with Gasteiger partial charge in [0.05, 0.1) is 16.1 Å². The summed E-state index contributed by atoms with van der Waals surface area (Å²) in [7, 11) is 4.00. The molecule has 2 aromatic rings. The number of nitrogens with zero attached hydrogens (tertiary/aromatic N) is 1. The minimum Gasteiger partial charge on any atom is -0.345 e. The molecule has 0 heterocycles. The molecular weight excluding hydrogens is 367 g/mol. The molecule has 1 amide bonds. The van der Waals surface area contributed by atoms with Gasteiger partial charge in [-0.15, -0.1) is 0 Å². The van der Waals surface area contributed by atoms with Crippen molar-refractivity contribution in [2.75, 3.05) is 20.6 Å². The summed E-state index contributed by atoms with van der Waals surface area (Å²) in [5.74, 6) is -0.188. The minimum atomic E-state index is -0.188. The molecule has 0 saturated carbocycles. The Kier molecular flexibility index (Phi) is 6.93. The molecule has 0 aromatic heterocycles. The van der Waals surface area contributed by atoms with Crippen LogP contribution in [0.15, 0.2) is 42.5 Å². The van der Waals surface area contributed by atoms with E-state index >= 15 is 0 Å². The molecule has 3 nitrogen and oxygen atoms in total. The van der Waals surface area contributed by atoms with Crippen LogP contribution in [0.1, 0.15) is 28.4 Å². The fraction of sp³-hybridized carbons (Fsp3) is 0.278. The summed E-state index contributed by atoms with van der Waals surface area (Å²) in [6.45, 7) is 0.842. The van der Waals surface area contributed by atoms with Crippen LogP contribution in [-0.4, -0.2) is 31.4 Å². The van der Waals surface area contributed by atoms with Gasteiger partial charge in [-0.25, -0.2) is 0 Å². The van der Waals surface area contributed by atoms with Crippen LogP contribution in [0.2, 0.25) is 15.1 Å². The number of hydrogen-bond acceptors (Lipinski definition) is 2. The van der Waals surface area contributed by atoms with Gasteiger partial charge in [-0.1, -0.05) is 46.9 Å². The highest BCUT2D eigenvalue weighted by Crippen LogP contribution is 2.24. The highest BCUT2D eigenvalue weighted by Gasteiger charge is 2.17. The largest absolute Gasteiger partial charge is 0.345 e. The average molecular weight is 386 g/mol. The second-order valence-corrected chi connectivity index (χ2v) is 7.05. The summed E-state index contributed by atoms with van der Waals surface area (Å²) >= 11 is 17.9. The summed E-state index contributed by atoms with van der Waals surface area (Å²) in [4.78, 5) is 14.6. The van der Waals surface area contributed by atoms with Crippen molar-refractivity contribution in [3.05, 3.63) is 68.7 Å². The molecule has 1 atom stereocenters. The number of carbonyl (C=O) groups is 1. The summed E-state index contributed by atoms with van der Waals surface area (Å²) in [5.41, 5.74) is 1.49. The molecule has 128 valence electrons. The van der Waals surface area contributed by atoms with Crippen LogP contribution in [0, 0.1) is 0 Å². The van der Waals surface area contributed by atoms with Gasteiger partial charge in [0.1, 0.15) is 0 Å². The van der Waals surface area contributed by atoms with Gasteiger partial charge in [0, 0.05) is 10.6 Å². The number of benzene rings is 2. The van der Waals surface area contributed by atoms with Gasteiger partial charge in [-0.05, 0) is 63.0 Å². The summed E-state index contributed by atoms with van der Waals surface area (Å²) in [5, 5.41) is 4.52. The standard InChI is InChI=1S/C18H19Cl3N2O/c1-23(2)10-9-17(12-3-6-14(19)7-4-12)22-18(24)13-5-8-15(20)16(21)11-13/h3-8,11,17H,9-10H2,1-2H3,(H,22,24). The van der Waals surface area contributed by atoms with Crippen molar-refractivity contribution < 1.29 is 4.79 Å². The zero-order valence-electron chi connectivity index (χ0n) is 13.5. The van der Waals surface area contributed by atoms with Crippen LogP contribution in [-0.2, 0) is 0 Å². The van der Waals surface area contributed by atoms with Gasteiger partial charge in [0.25, 0.3) is 5.91 Å². The van der Waals surface area contributed by atoms with Gasteiger partial charge in [0.2, 0.25) is 0 Å². The van der Waals surface area contributed by atoms with Crippen molar-refractivity contribution in [3.63, 3.8) is 0 Å². The molecule has 0 aliphatic rings. The average Bonchev–Trinajstić information content (AvgIpc) is 2.54. The Morgan fingerprint density at radius 2 is 1.71 bits per heavy atom. The van der Waals surface area contributed by atoms with Gasteiger partial charge in [0.15, 0.2) is 0 Å². The van der Waals surface area contributed by atoms with E-state index in [2.05, 4.69) is 10.2 Å². The first-order valence-electron chi connectivity index (χ1n) is 7.53. The zero-order chi connectivity index (χ0) is 17.7. The molecule has 6 heteroatoms. The van der Waals surface area contributed by atoms with Crippen LogP contribution in [0.4, 0.5) is 0 Å². The lowest BCUT2D eigenvalue weighted by Crippen LogP contribution is -2.31. The van der Waals surface area contributed by atoms with Crippen molar-refractivity contribution in [2.24, 2.45) is 0 Å². The number of hydrogen-bond donors (Lipinski definition) is 1. The molecule has 0 aliphatic heterocycles. The third-order valence-corrected chi connectivity index (χ3v) is 4.62. The Labute approximate surface area is 157 Å². The quantitative estimate of drug-likeness (QED) is 0.753. The van der Waals surface area contributed by atoms with Gasteiger partial charge >= 0.3 is 0 Å². The Hall–Kier alpha value is -1.26. The lowest BCUT2D eigenvalue weighted by molar-refractivity contribution is 0.0932. The first-order valence-corrected chi connectivity index (χ1v) is 8.66. The lowest BCUT2D eigenvalue weighted by Gasteiger charge is -2.21. The summed E-state index contributed by atoms with van der Waals surface area (Å²) in [6, 6.07) is 12.2. The van der Waals surface area contributed by atoms with Gasteiger partial charge < -0.3 is 10.2 Å². The van der Waals surface area contributed by atoms with Crippen LogP contribution in [0.3, 0.4) is 0 Å². The second-order valence-electron chi connectivity index (χ2n) is 5.80. The van der Waals surface area contributed by atoms with Crippen molar-refractivity contribution in [1.29, 1.82) is 0 Å². The number of carbonyl (C=O) groups excluding carboxylic acids is 1. The van der Waals surface area contributed by atoms with E-state index in [9.17, 15) is 4.79 Å². The molecule has 1 unspecified atom stereocenters. The minimum absolute atomic E-state index is 0.119. The normalized spacial score (nSPS) is 12.2. The van der Waals surface area contributed by atoms with E-state index in [1.807, 2.05) is 38.4 Å². The van der Waals surface area contributed by atoms with E-state index in [0.717, 1.165) is 18.5 Å². The fourth-order valence-electron chi connectivity index (χ4n) is 2.28. The van der Waals surface area contributed by atoms with Crippen LogP contribution >= 0.6 is 34.8 Å². The third-order valence-electron chi connectivity index (χ3n) is 3.62. The zero-order valence-corrected chi connectivity index (χ0v) is 15.8. The maximum absolute atomic E-state index is 12.6. The number of halogens is 3. The molecule has 0 fully saturated rings. The first kappa shape index (κ1) is 19.1. The molecule has 0 saturated heterocycles. The lowest BCUT2D eigenvalue weighted by atomic mass is 10.0. The van der Waals surface area contributed by atoms with Crippen LogP contribution in [0.25, 0.3) is 0 Å². The topological polar surface area (TPSA) is 32.3 Å². The van der Waals surface area contributed by atoms with Crippen molar-refractivity contribution in [2.45, 2.75) is 12.5 Å². The molecular formula is C18H19Cl3N2O. The summed E-state index contributed by atoms with van der Waals surface area (Å²) < 4.78 is 0. The maximum Gasteiger partial charge on any atom is 0.251 e. The van der Waals surface area contributed by atoms with Gasteiger partial charge in [-0.3, -0.25) is 4.79 Å². The Bertz CT molecular complexity index is 702. The number of nitrogens with one attached hydrogen (secondary N) is 1. The Morgan fingerprint density at radius 3 is 2.29 bits per heavy atom. The monoisotopic (exact) mass is 384 g/mol. The van der Waals surface area contributed by atoms with Crippen molar-refractivity contribution in [1.82, 2.24) is 10.2 Å². The molecule has 0 bridgehead atoms. The van der Waals surface area contributed by atoms with Gasteiger partial charge in [-0.2, -0.15) is 0 Å². The highest BCUT2D eigenvalue weighted by molar-refractivity contribution is 6.42. The SMILES string of the molecule is CN(C)CCC(NC(=O)c1ccc(Cl)c(Cl)c1)c1ccc(Cl)cc1. The molecule has 0 spiro atoms. The smallest absolute Gasteiger partial charge is 0.251 e. The third kappa shape index (κ3) is 5.38. The number of amides is 1. The fourth-order valence-corrected chi connectivity index (χ4v) is 2.71. The summed E-state index contributed by atoms with van der Waals surface area (Å²) in [6.07, 6.45) is 0.779.